The smallest absolute Gasteiger partial charge is 0.281 e. The molecule has 7 heteroatoms. The fourth-order valence-electron chi connectivity index (χ4n) is 3.09. The van der Waals surface area contributed by atoms with Crippen molar-refractivity contribution >= 4 is 21.1 Å². The predicted molar refractivity (Wildman–Crippen MR) is 84.4 cm³/mol. The van der Waals surface area contributed by atoms with E-state index in [2.05, 4.69) is 4.98 Å². The Labute approximate surface area is 129 Å². The van der Waals surface area contributed by atoms with E-state index >= 15 is 0 Å². The minimum Gasteiger partial charge on any atom is -0.361 e. The highest BCUT2D eigenvalue weighted by atomic mass is 32.2. The molecule has 0 saturated carbocycles. The number of benzene rings is 1. The van der Waals surface area contributed by atoms with Crippen molar-refractivity contribution in [3.8, 4) is 0 Å². The third-order valence-corrected chi connectivity index (χ3v) is 6.30. The molecule has 0 amide bonds. The molecule has 1 aromatic heterocycles. The summed E-state index contributed by atoms with van der Waals surface area (Å²) in [6, 6.07) is 4.75. The number of fused-ring (bicyclic) bond motifs is 1. The van der Waals surface area contributed by atoms with Crippen molar-refractivity contribution in [1.29, 1.82) is 0 Å². The van der Waals surface area contributed by atoms with Crippen LogP contribution in [0.15, 0.2) is 24.4 Å². The summed E-state index contributed by atoms with van der Waals surface area (Å²) in [5.74, 6) is 0.0422. The predicted octanol–water partition coefficient (Wildman–Crippen LogP) is 2.29. The summed E-state index contributed by atoms with van der Waals surface area (Å²) in [4.78, 5) is 3.11. The fraction of sp³-hybridized carbons (Fsp3) is 0.467. The molecule has 0 atom stereocenters. The average molecular weight is 325 g/mol. The molecule has 2 aromatic rings. The summed E-state index contributed by atoms with van der Waals surface area (Å²) >= 11 is 0. The molecule has 0 unspecified atom stereocenters. The molecule has 3 rings (SSSR count). The van der Waals surface area contributed by atoms with Crippen LogP contribution in [0.25, 0.3) is 10.9 Å². The van der Waals surface area contributed by atoms with Crippen LogP contribution in [0.1, 0.15) is 24.3 Å². The lowest BCUT2D eigenvalue weighted by molar-refractivity contribution is 0.303. The molecule has 5 nitrogen and oxygen atoms in total. The van der Waals surface area contributed by atoms with E-state index in [1.807, 2.05) is 6.20 Å². The molecule has 0 radical (unpaired) electrons. The molecule has 1 aliphatic heterocycles. The van der Waals surface area contributed by atoms with Gasteiger partial charge in [0.15, 0.2) is 0 Å². The second-order valence-corrected chi connectivity index (χ2v) is 8.04. The van der Waals surface area contributed by atoms with Gasteiger partial charge in [-0.1, -0.05) is 0 Å². The van der Waals surface area contributed by atoms with Gasteiger partial charge in [0.2, 0.25) is 0 Å². The standard InChI is InChI=1S/C15H20FN3O2S/c1-18(2)22(20,21)19-7-5-11(6-8-19)14-10-17-15-9-12(16)3-4-13(14)15/h3-4,9-11,17H,5-8H2,1-2H3. The van der Waals surface area contributed by atoms with E-state index in [0.717, 1.165) is 29.3 Å². The highest BCUT2D eigenvalue weighted by Crippen LogP contribution is 2.34. The third kappa shape index (κ3) is 2.64. The molecular weight excluding hydrogens is 305 g/mol. The Bertz CT molecular complexity index is 777. The van der Waals surface area contributed by atoms with Gasteiger partial charge in [-0.3, -0.25) is 0 Å². The molecule has 1 aliphatic rings. The number of nitrogens with zero attached hydrogens (tertiary/aromatic N) is 2. The van der Waals surface area contributed by atoms with Gasteiger partial charge >= 0.3 is 0 Å². The molecule has 1 saturated heterocycles. The minimum atomic E-state index is -3.33. The summed E-state index contributed by atoms with van der Waals surface area (Å²) in [5.41, 5.74) is 1.94. The van der Waals surface area contributed by atoms with Crippen molar-refractivity contribution in [3.63, 3.8) is 0 Å². The first-order valence-corrected chi connectivity index (χ1v) is 8.73. The Morgan fingerprint density at radius 2 is 1.95 bits per heavy atom. The number of hydrogen-bond acceptors (Lipinski definition) is 2. The molecule has 22 heavy (non-hydrogen) atoms. The summed E-state index contributed by atoms with van der Waals surface area (Å²) in [6.07, 6.45) is 3.47. The van der Waals surface area contributed by atoms with Crippen LogP contribution < -0.4 is 0 Å². The normalized spacial score (nSPS) is 18.4. The SMILES string of the molecule is CN(C)S(=O)(=O)N1CCC(c2c[nH]c3cc(F)ccc23)CC1. The summed E-state index contributed by atoms with van der Waals surface area (Å²) < 4.78 is 40.3. The first-order valence-electron chi connectivity index (χ1n) is 7.33. The Kier molecular flexibility index (Phi) is 3.96. The Balaban J connectivity index is 1.79. The van der Waals surface area contributed by atoms with E-state index in [-0.39, 0.29) is 5.82 Å². The number of aromatic nitrogens is 1. The van der Waals surface area contributed by atoms with E-state index in [9.17, 15) is 12.8 Å². The maximum absolute atomic E-state index is 13.2. The molecule has 0 aliphatic carbocycles. The first kappa shape index (κ1) is 15.5. The Morgan fingerprint density at radius 3 is 2.59 bits per heavy atom. The van der Waals surface area contributed by atoms with Crippen LogP contribution in [0.3, 0.4) is 0 Å². The maximum atomic E-state index is 13.2. The number of rotatable bonds is 3. The van der Waals surface area contributed by atoms with E-state index in [1.54, 1.807) is 20.2 Å². The summed E-state index contributed by atoms with van der Waals surface area (Å²) in [5, 5.41) is 1.02. The van der Waals surface area contributed by atoms with Crippen molar-refractivity contribution in [3.05, 3.63) is 35.8 Å². The lowest BCUT2D eigenvalue weighted by Crippen LogP contribution is -2.44. The summed E-state index contributed by atoms with van der Waals surface area (Å²) in [7, 11) is -0.229. The molecular formula is C15H20FN3O2S. The van der Waals surface area contributed by atoms with Gasteiger partial charge in [-0.2, -0.15) is 17.0 Å². The molecule has 1 fully saturated rings. The molecule has 1 aromatic carbocycles. The number of aromatic amines is 1. The van der Waals surface area contributed by atoms with Gasteiger partial charge in [0.05, 0.1) is 0 Å². The second kappa shape index (κ2) is 5.64. The molecule has 0 bridgehead atoms. The monoisotopic (exact) mass is 325 g/mol. The van der Waals surface area contributed by atoms with Crippen molar-refractivity contribution in [2.75, 3.05) is 27.2 Å². The van der Waals surface area contributed by atoms with E-state index < -0.39 is 10.2 Å². The zero-order valence-electron chi connectivity index (χ0n) is 12.7. The zero-order valence-corrected chi connectivity index (χ0v) is 13.5. The molecule has 120 valence electrons. The number of halogens is 1. The van der Waals surface area contributed by atoms with E-state index in [0.29, 0.717) is 19.0 Å². The van der Waals surface area contributed by atoms with Crippen molar-refractivity contribution in [2.24, 2.45) is 0 Å². The van der Waals surface area contributed by atoms with Gasteiger partial charge in [0, 0.05) is 44.3 Å². The molecule has 2 heterocycles. The lowest BCUT2D eigenvalue weighted by Gasteiger charge is -2.32. The van der Waals surface area contributed by atoms with Crippen LogP contribution in [-0.2, 0) is 10.2 Å². The Hall–Kier alpha value is -1.44. The molecule has 1 N–H and O–H groups in total. The largest absolute Gasteiger partial charge is 0.361 e. The zero-order chi connectivity index (χ0) is 15.9. The average Bonchev–Trinajstić information content (AvgIpc) is 2.90. The second-order valence-electron chi connectivity index (χ2n) is 5.90. The van der Waals surface area contributed by atoms with Crippen molar-refractivity contribution in [1.82, 2.24) is 13.6 Å². The van der Waals surface area contributed by atoms with Gasteiger partial charge in [0.1, 0.15) is 5.82 Å². The van der Waals surface area contributed by atoms with E-state index in [1.165, 1.54) is 20.7 Å². The van der Waals surface area contributed by atoms with Crippen LogP contribution in [0.4, 0.5) is 4.39 Å². The Morgan fingerprint density at radius 1 is 1.27 bits per heavy atom. The quantitative estimate of drug-likeness (QED) is 0.941. The van der Waals surface area contributed by atoms with Crippen LogP contribution in [0.5, 0.6) is 0 Å². The van der Waals surface area contributed by atoms with Crippen molar-refractivity contribution < 1.29 is 12.8 Å². The molecule has 0 spiro atoms. The first-order chi connectivity index (χ1) is 10.4. The van der Waals surface area contributed by atoms with Crippen LogP contribution >= 0.6 is 0 Å². The lowest BCUT2D eigenvalue weighted by atomic mass is 9.90. The summed E-state index contributed by atoms with van der Waals surface area (Å²) in [6.45, 7) is 1.03. The van der Waals surface area contributed by atoms with Crippen LogP contribution in [0.2, 0.25) is 0 Å². The van der Waals surface area contributed by atoms with Gasteiger partial charge in [-0.15, -0.1) is 0 Å². The number of nitrogens with one attached hydrogen (secondary N) is 1. The van der Waals surface area contributed by atoms with Gasteiger partial charge in [-0.05, 0) is 42.5 Å². The van der Waals surface area contributed by atoms with Gasteiger partial charge < -0.3 is 4.98 Å². The number of H-pyrrole nitrogens is 1. The van der Waals surface area contributed by atoms with Crippen LogP contribution in [-0.4, -0.2) is 49.2 Å². The van der Waals surface area contributed by atoms with Crippen LogP contribution in [0, 0.1) is 5.82 Å². The fourth-order valence-corrected chi connectivity index (χ4v) is 4.22. The van der Waals surface area contributed by atoms with Gasteiger partial charge in [0.25, 0.3) is 10.2 Å². The van der Waals surface area contributed by atoms with E-state index in [4.69, 9.17) is 0 Å². The topological polar surface area (TPSA) is 56.4 Å². The highest BCUT2D eigenvalue weighted by Gasteiger charge is 2.30. The number of hydrogen-bond donors (Lipinski definition) is 1. The number of piperidine rings is 1. The van der Waals surface area contributed by atoms with Gasteiger partial charge in [-0.25, -0.2) is 4.39 Å². The van der Waals surface area contributed by atoms with Crippen molar-refractivity contribution in [2.45, 2.75) is 18.8 Å². The minimum absolute atomic E-state index is 0.257. The third-order valence-electron chi connectivity index (χ3n) is 4.36. The maximum Gasteiger partial charge on any atom is 0.281 e. The highest BCUT2D eigenvalue weighted by molar-refractivity contribution is 7.86.